The number of carbonyl (C=O) groups is 1. The average Bonchev–Trinajstić information content (AvgIpc) is 3.02. The van der Waals surface area contributed by atoms with E-state index in [1.165, 1.54) is 0 Å². The molecule has 6 heteroatoms. The maximum atomic E-state index is 12.4. The van der Waals surface area contributed by atoms with E-state index in [1.807, 2.05) is 25.1 Å². The zero-order valence-corrected chi connectivity index (χ0v) is 14.5. The Labute approximate surface area is 146 Å². The third kappa shape index (κ3) is 3.98. The van der Waals surface area contributed by atoms with E-state index in [0.29, 0.717) is 30.3 Å². The smallest absolute Gasteiger partial charge is 0.253 e. The largest absolute Gasteiger partial charge is 0.379 e. The Morgan fingerprint density at radius 3 is 2.83 bits per heavy atom. The van der Waals surface area contributed by atoms with Crippen molar-refractivity contribution in [1.29, 1.82) is 0 Å². The number of aromatic nitrogens is 1. The zero-order valence-electron chi connectivity index (χ0n) is 13.7. The highest BCUT2D eigenvalue weighted by molar-refractivity contribution is 6.30. The molecule has 1 aromatic carbocycles. The van der Waals surface area contributed by atoms with Crippen LogP contribution in [-0.4, -0.2) is 48.6 Å². The van der Waals surface area contributed by atoms with E-state index in [1.54, 1.807) is 12.3 Å². The van der Waals surface area contributed by atoms with Gasteiger partial charge in [0.15, 0.2) is 0 Å². The van der Waals surface area contributed by atoms with Crippen LogP contribution >= 0.6 is 11.6 Å². The standard InChI is InChI=1S/C18H22ClN3O2/c1-13-16(5-6-20-13)18(23)21-12-17(22-7-9-24-10-8-22)14-3-2-4-15(19)11-14/h2-6,11,17,20H,7-10,12H2,1H3,(H,21,23). The molecule has 1 fully saturated rings. The van der Waals surface area contributed by atoms with E-state index >= 15 is 0 Å². The van der Waals surface area contributed by atoms with Crippen molar-refractivity contribution < 1.29 is 9.53 Å². The van der Waals surface area contributed by atoms with Gasteiger partial charge in [0.2, 0.25) is 0 Å². The minimum absolute atomic E-state index is 0.0611. The number of H-pyrrole nitrogens is 1. The molecule has 3 rings (SSSR count). The third-order valence-corrected chi connectivity index (χ3v) is 4.61. The van der Waals surface area contributed by atoms with Crippen LogP contribution in [0, 0.1) is 6.92 Å². The van der Waals surface area contributed by atoms with Crippen LogP contribution in [0.3, 0.4) is 0 Å². The first-order chi connectivity index (χ1) is 11.6. The van der Waals surface area contributed by atoms with Crippen LogP contribution in [0.15, 0.2) is 36.5 Å². The predicted octanol–water partition coefficient (Wildman–Crippen LogP) is 2.78. The molecular weight excluding hydrogens is 326 g/mol. The van der Waals surface area contributed by atoms with Crippen molar-refractivity contribution in [2.45, 2.75) is 13.0 Å². The first-order valence-corrected chi connectivity index (χ1v) is 8.52. The number of nitrogens with zero attached hydrogens (tertiary/aromatic N) is 1. The Morgan fingerprint density at radius 2 is 2.17 bits per heavy atom. The second-order valence-electron chi connectivity index (χ2n) is 5.95. The van der Waals surface area contributed by atoms with E-state index in [4.69, 9.17) is 16.3 Å². The van der Waals surface area contributed by atoms with Crippen molar-refractivity contribution >= 4 is 17.5 Å². The molecule has 2 heterocycles. The summed E-state index contributed by atoms with van der Waals surface area (Å²) < 4.78 is 5.45. The van der Waals surface area contributed by atoms with E-state index < -0.39 is 0 Å². The number of rotatable bonds is 5. The van der Waals surface area contributed by atoms with Crippen LogP contribution in [0.5, 0.6) is 0 Å². The predicted molar refractivity (Wildman–Crippen MR) is 94.4 cm³/mol. The van der Waals surface area contributed by atoms with Gasteiger partial charge in [-0.05, 0) is 30.7 Å². The van der Waals surface area contributed by atoms with Crippen LogP contribution < -0.4 is 5.32 Å². The number of aromatic amines is 1. The lowest BCUT2D eigenvalue weighted by Crippen LogP contribution is -2.43. The number of amides is 1. The number of halogens is 1. The highest BCUT2D eigenvalue weighted by atomic mass is 35.5. The molecule has 0 aliphatic carbocycles. The molecule has 0 spiro atoms. The topological polar surface area (TPSA) is 57.4 Å². The van der Waals surface area contributed by atoms with Crippen molar-refractivity contribution in [3.63, 3.8) is 0 Å². The monoisotopic (exact) mass is 347 g/mol. The summed E-state index contributed by atoms with van der Waals surface area (Å²) in [5.41, 5.74) is 2.66. The van der Waals surface area contributed by atoms with Gasteiger partial charge in [0.25, 0.3) is 5.91 Å². The van der Waals surface area contributed by atoms with Gasteiger partial charge in [-0.25, -0.2) is 0 Å². The molecule has 1 saturated heterocycles. The van der Waals surface area contributed by atoms with Crippen LogP contribution in [0.25, 0.3) is 0 Å². The van der Waals surface area contributed by atoms with Gasteiger partial charge in [0.1, 0.15) is 0 Å². The summed E-state index contributed by atoms with van der Waals surface area (Å²) in [5.74, 6) is -0.0611. The fourth-order valence-corrected chi connectivity index (χ4v) is 3.24. The average molecular weight is 348 g/mol. The lowest BCUT2D eigenvalue weighted by molar-refractivity contribution is 0.0162. The number of hydrogen-bond acceptors (Lipinski definition) is 3. The molecule has 24 heavy (non-hydrogen) atoms. The minimum Gasteiger partial charge on any atom is -0.379 e. The molecule has 2 aromatic rings. The molecule has 0 bridgehead atoms. The number of hydrogen-bond donors (Lipinski definition) is 2. The molecule has 1 aromatic heterocycles. The Bertz CT molecular complexity index is 695. The van der Waals surface area contributed by atoms with E-state index in [9.17, 15) is 4.79 Å². The van der Waals surface area contributed by atoms with Gasteiger partial charge < -0.3 is 15.0 Å². The summed E-state index contributed by atoms with van der Waals surface area (Å²) in [5, 5.41) is 3.76. The summed E-state index contributed by atoms with van der Waals surface area (Å²) in [6.07, 6.45) is 1.78. The van der Waals surface area contributed by atoms with Crippen LogP contribution in [0.1, 0.15) is 27.7 Å². The molecule has 5 nitrogen and oxygen atoms in total. The van der Waals surface area contributed by atoms with Gasteiger partial charge in [0, 0.05) is 36.5 Å². The molecule has 0 saturated carbocycles. The molecule has 1 aliphatic heterocycles. The number of ether oxygens (including phenoxy) is 1. The van der Waals surface area contributed by atoms with Gasteiger partial charge in [-0.2, -0.15) is 0 Å². The first-order valence-electron chi connectivity index (χ1n) is 8.14. The quantitative estimate of drug-likeness (QED) is 0.874. The van der Waals surface area contributed by atoms with Crippen molar-refractivity contribution in [1.82, 2.24) is 15.2 Å². The molecule has 1 aliphatic rings. The van der Waals surface area contributed by atoms with E-state index in [0.717, 1.165) is 24.3 Å². The van der Waals surface area contributed by atoms with Crippen LogP contribution in [0.2, 0.25) is 5.02 Å². The summed E-state index contributed by atoms with van der Waals surface area (Å²) in [7, 11) is 0. The lowest BCUT2D eigenvalue weighted by Gasteiger charge is -2.35. The Hall–Kier alpha value is -1.82. The highest BCUT2D eigenvalue weighted by Gasteiger charge is 2.24. The van der Waals surface area contributed by atoms with Gasteiger partial charge in [0.05, 0.1) is 24.8 Å². The first kappa shape index (κ1) is 17.0. The number of nitrogens with one attached hydrogen (secondary N) is 2. The van der Waals surface area contributed by atoms with Gasteiger partial charge in [-0.3, -0.25) is 9.69 Å². The lowest BCUT2D eigenvalue weighted by atomic mass is 10.0. The van der Waals surface area contributed by atoms with Crippen LogP contribution in [-0.2, 0) is 4.74 Å². The summed E-state index contributed by atoms with van der Waals surface area (Å²) in [4.78, 5) is 17.8. The maximum absolute atomic E-state index is 12.4. The second-order valence-corrected chi connectivity index (χ2v) is 6.38. The fourth-order valence-electron chi connectivity index (χ4n) is 3.04. The number of aryl methyl sites for hydroxylation is 1. The number of benzene rings is 1. The fraction of sp³-hybridized carbons (Fsp3) is 0.389. The van der Waals surface area contributed by atoms with Crippen molar-refractivity contribution in [3.05, 3.63) is 58.4 Å². The maximum Gasteiger partial charge on any atom is 0.253 e. The molecule has 2 N–H and O–H groups in total. The zero-order chi connectivity index (χ0) is 16.9. The van der Waals surface area contributed by atoms with Crippen molar-refractivity contribution in [2.24, 2.45) is 0 Å². The van der Waals surface area contributed by atoms with Gasteiger partial charge in [-0.15, -0.1) is 0 Å². The Kier molecular flexibility index (Phi) is 5.56. The van der Waals surface area contributed by atoms with Gasteiger partial charge >= 0.3 is 0 Å². The SMILES string of the molecule is Cc1[nH]ccc1C(=O)NCC(c1cccc(Cl)c1)N1CCOCC1. The number of carbonyl (C=O) groups excluding carboxylic acids is 1. The summed E-state index contributed by atoms with van der Waals surface area (Å²) in [6, 6.07) is 9.71. The Morgan fingerprint density at radius 1 is 1.38 bits per heavy atom. The van der Waals surface area contributed by atoms with E-state index in [2.05, 4.69) is 21.3 Å². The summed E-state index contributed by atoms with van der Waals surface area (Å²) in [6.45, 7) is 5.53. The van der Waals surface area contributed by atoms with Crippen molar-refractivity contribution in [3.8, 4) is 0 Å². The summed E-state index contributed by atoms with van der Waals surface area (Å²) >= 11 is 6.16. The number of morpholine rings is 1. The second kappa shape index (κ2) is 7.83. The highest BCUT2D eigenvalue weighted by Crippen LogP contribution is 2.24. The van der Waals surface area contributed by atoms with Crippen molar-refractivity contribution in [2.75, 3.05) is 32.8 Å². The molecule has 1 unspecified atom stereocenters. The normalized spacial score (nSPS) is 16.8. The molecule has 1 atom stereocenters. The molecule has 128 valence electrons. The molecular formula is C18H22ClN3O2. The minimum atomic E-state index is -0.0611. The van der Waals surface area contributed by atoms with Gasteiger partial charge in [-0.1, -0.05) is 23.7 Å². The van der Waals surface area contributed by atoms with E-state index in [-0.39, 0.29) is 11.9 Å². The van der Waals surface area contributed by atoms with Crippen LogP contribution in [0.4, 0.5) is 0 Å². The molecule has 1 amide bonds. The third-order valence-electron chi connectivity index (χ3n) is 4.37. The molecule has 0 radical (unpaired) electrons. The Balaban J connectivity index is 1.74.